The highest BCUT2D eigenvalue weighted by atomic mass is 16.6. The first-order valence-electron chi connectivity index (χ1n) is 9.51. The van der Waals surface area contributed by atoms with Crippen molar-refractivity contribution in [1.82, 2.24) is 4.90 Å². The number of nitro groups is 1. The SMILES string of the molecule is CC(C)(C)OC(=O)N1CCC(N2CC(C)(C)c3ccc([N+](=O)[O-])cc32)CC1. The first-order chi connectivity index (χ1) is 12.5. The fourth-order valence-corrected chi connectivity index (χ4v) is 4.05. The van der Waals surface area contributed by atoms with Crippen LogP contribution in [0.1, 0.15) is 53.0 Å². The first-order valence-corrected chi connectivity index (χ1v) is 9.51. The van der Waals surface area contributed by atoms with E-state index >= 15 is 0 Å². The van der Waals surface area contributed by atoms with Crippen molar-refractivity contribution in [3.8, 4) is 0 Å². The molecule has 0 atom stereocenters. The zero-order valence-electron chi connectivity index (χ0n) is 16.8. The smallest absolute Gasteiger partial charge is 0.410 e. The Morgan fingerprint density at radius 3 is 2.44 bits per heavy atom. The van der Waals surface area contributed by atoms with Crippen molar-refractivity contribution < 1.29 is 14.5 Å². The molecule has 0 spiro atoms. The highest BCUT2D eigenvalue weighted by Gasteiger charge is 2.40. The van der Waals surface area contributed by atoms with E-state index in [1.165, 1.54) is 0 Å². The summed E-state index contributed by atoms with van der Waals surface area (Å²) in [5, 5.41) is 11.2. The summed E-state index contributed by atoms with van der Waals surface area (Å²) in [6, 6.07) is 5.45. The Kier molecular flexibility index (Phi) is 4.82. The first kappa shape index (κ1) is 19.5. The largest absolute Gasteiger partial charge is 0.444 e. The second-order valence-corrected chi connectivity index (χ2v) is 9.17. The van der Waals surface area contributed by atoms with Crippen molar-refractivity contribution in [2.75, 3.05) is 24.5 Å². The number of amides is 1. The number of anilines is 1. The number of ether oxygens (including phenoxy) is 1. The number of carbonyl (C=O) groups excluding carboxylic acids is 1. The van der Waals surface area contributed by atoms with Gasteiger partial charge in [-0.25, -0.2) is 4.79 Å². The van der Waals surface area contributed by atoms with Crippen molar-refractivity contribution in [1.29, 1.82) is 0 Å². The van der Waals surface area contributed by atoms with Gasteiger partial charge in [-0.15, -0.1) is 0 Å². The Morgan fingerprint density at radius 1 is 1.26 bits per heavy atom. The van der Waals surface area contributed by atoms with Crippen LogP contribution < -0.4 is 4.90 Å². The van der Waals surface area contributed by atoms with E-state index in [-0.39, 0.29) is 28.2 Å². The van der Waals surface area contributed by atoms with Crippen LogP contribution in [-0.2, 0) is 10.2 Å². The molecular formula is C20H29N3O4. The lowest BCUT2D eigenvalue weighted by Gasteiger charge is -2.39. The number of piperidine rings is 1. The van der Waals surface area contributed by atoms with Crippen LogP contribution in [0, 0.1) is 10.1 Å². The topological polar surface area (TPSA) is 75.9 Å². The summed E-state index contributed by atoms with van der Waals surface area (Å²) in [4.78, 5) is 27.2. The summed E-state index contributed by atoms with van der Waals surface area (Å²) in [7, 11) is 0. The lowest BCUT2D eigenvalue weighted by molar-refractivity contribution is -0.384. The highest BCUT2D eigenvalue weighted by Crippen LogP contribution is 2.44. The molecule has 0 aliphatic carbocycles. The quantitative estimate of drug-likeness (QED) is 0.575. The van der Waals surface area contributed by atoms with Crippen LogP contribution in [0.4, 0.5) is 16.2 Å². The van der Waals surface area contributed by atoms with Gasteiger partial charge in [-0.05, 0) is 45.2 Å². The predicted molar refractivity (Wildman–Crippen MR) is 104 cm³/mol. The van der Waals surface area contributed by atoms with Gasteiger partial charge in [-0.1, -0.05) is 13.8 Å². The lowest BCUT2D eigenvalue weighted by Crippen LogP contribution is -2.48. The minimum Gasteiger partial charge on any atom is -0.444 e. The monoisotopic (exact) mass is 375 g/mol. The average molecular weight is 375 g/mol. The normalized spacial score (nSPS) is 19.7. The van der Waals surface area contributed by atoms with Crippen LogP contribution in [0.5, 0.6) is 0 Å². The van der Waals surface area contributed by atoms with Gasteiger partial charge in [-0.3, -0.25) is 10.1 Å². The molecule has 1 saturated heterocycles. The van der Waals surface area contributed by atoms with E-state index in [1.807, 2.05) is 26.8 Å². The third-order valence-electron chi connectivity index (χ3n) is 5.35. The van der Waals surface area contributed by atoms with Crippen LogP contribution in [0.3, 0.4) is 0 Å². The van der Waals surface area contributed by atoms with E-state index in [2.05, 4.69) is 18.7 Å². The summed E-state index contributed by atoms with van der Waals surface area (Å²) >= 11 is 0. The van der Waals surface area contributed by atoms with Gasteiger partial charge in [0.05, 0.1) is 4.92 Å². The van der Waals surface area contributed by atoms with Crippen LogP contribution in [0.25, 0.3) is 0 Å². The number of benzene rings is 1. The lowest BCUT2D eigenvalue weighted by atomic mass is 9.87. The van der Waals surface area contributed by atoms with Crippen molar-refractivity contribution in [3.63, 3.8) is 0 Å². The molecule has 2 aliphatic heterocycles. The Morgan fingerprint density at radius 2 is 1.89 bits per heavy atom. The second kappa shape index (κ2) is 6.69. The highest BCUT2D eigenvalue weighted by molar-refractivity contribution is 5.69. The molecule has 27 heavy (non-hydrogen) atoms. The number of carbonyl (C=O) groups is 1. The van der Waals surface area contributed by atoms with Crippen LogP contribution >= 0.6 is 0 Å². The number of nitro benzene ring substituents is 1. The Balaban J connectivity index is 1.73. The van der Waals surface area contributed by atoms with E-state index in [9.17, 15) is 14.9 Å². The molecule has 0 N–H and O–H groups in total. The summed E-state index contributed by atoms with van der Waals surface area (Å²) in [6.07, 6.45) is 1.40. The average Bonchev–Trinajstić information content (AvgIpc) is 2.84. The van der Waals surface area contributed by atoms with E-state index in [1.54, 1.807) is 17.0 Å². The summed E-state index contributed by atoms with van der Waals surface area (Å²) in [5.41, 5.74) is 1.70. The maximum atomic E-state index is 12.3. The fourth-order valence-electron chi connectivity index (χ4n) is 4.05. The zero-order valence-corrected chi connectivity index (χ0v) is 16.8. The summed E-state index contributed by atoms with van der Waals surface area (Å²) in [6.45, 7) is 12.1. The molecule has 2 heterocycles. The molecule has 3 rings (SSSR count). The molecule has 0 saturated carbocycles. The molecule has 1 fully saturated rings. The van der Waals surface area contributed by atoms with Gasteiger partial charge in [0.2, 0.25) is 0 Å². The fraction of sp³-hybridized carbons (Fsp3) is 0.650. The molecule has 148 valence electrons. The second-order valence-electron chi connectivity index (χ2n) is 9.17. The van der Waals surface area contributed by atoms with Gasteiger partial charge < -0.3 is 14.5 Å². The standard InChI is InChI=1S/C20H29N3O4/c1-19(2,3)27-18(24)21-10-8-14(9-11-21)22-13-20(4,5)16-7-6-15(23(25)26)12-17(16)22/h6-7,12,14H,8-11,13H2,1-5H3. The molecule has 0 aromatic heterocycles. The number of hydrogen-bond acceptors (Lipinski definition) is 5. The van der Waals surface area contributed by atoms with Gasteiger partial charge in [0, 0.05) is 48.9 Å². The van der Waals surface area contributed by atoms with E-state index in [0.717, 1.165) is 30.6 Å². The minimum absolute atomic E-state index is 0.0488. The molecule has 1 amide bonds. The van der Waals surface area contributed by atoms with Crippen molar-refractivity contribution in [2.24, 2.45) is 0 Å². The molecule has 0 bridgehead atoms. The molecule has 1 aromatic rings. The van der Waals surface area contributed by atoms with E-state index in [0.29, 0.717) is 13.1 Å². The third kappa shape index (κ3) is 4.01. The van der Waals surface area contributed by atoms with Crippen LogP contribution in [0.15, 0.2) is 18.2 Å². The van der Waals surface area contributed by atoms with Gasteiger partial charge in [-0.2, -0.15) is 0 Å². The van der Waals surface area contributed by atoms with Crippen molar-refractivity contribution >= 4 is 17.5 Å². The van der Waals surface area contributed by atoms with Gasteiger partial charge in [0.15, 0.2) is 0 Å². The third-order valence-corrected chi connectivity index (χ3v) is 5.35. The van der Waals surface area contributed by atoms with Crippen molar-refractivity contribution in [2.45, 2.75) is 64.5 Å². The number of non-ortho nitro benzene ring substituents is 1. The number of rotatable bonds is 2. The molecule has 1 aromatic carbocycles. The van der Waals surface area contributed by atoms with Gasteiger partial charge in [0.25, 0.3) is 5.69 Å². The number of nitrogens with zero attached hydrogens (tertiary/aromatic N) is 3. The molecule has 0 unspecified atom stereocenters. The number of hydrogen-bond donors (Lipinski definition) is 0. The maximum absolute atomic E-state index is 12.3. The molecule has 7 heteroatoms. The zero-order chi connectivity index (χ0) is 20.0. The van der Waals surface area contributed by atoms with E-state index in [4.69, 9.17) is 4.74 Å². The van der Waals surface area contributed by atoms with Gasteiger partial charge >= 0.3 is 6.09 Å². The number of likely N-dealkylation sites (tertiary alicyclic amines) is 1. The van der Waals surface area contributed by atoms with Gasteiger partial charge in [0.1, 0.15) is 5.60 Å². The maximum Gasteiger partial charge on any atom is 0.410 e. The summed E-state index contributed by atoms with van der Waals surface area (Å²) < 4.78 is 5.47. The summed E-state index contributed by atoms with van der Waals surface area (Å²) in [5.74, 6) is 0. The minimum atomic E-state index is -0.495. The van der Waals surface area contributed by atoms with Crippen LogP contribution in [-0.4, -0.2) is 47.2 Å². The Bertz CT molecular complexity index is 746. The molecular weight excluding hydrogens is 346 g/mol. The van der Waals surface area contributed by atoms with Crippen molar-refractivity contribution in [3.05, 3.63) is 33.9 Å². The van der Waals surface area contributed by atoms with Crippen LogP contribution in [0.2, 0.25) is 0 Å². The number of fused-ring (bicyclic) bond motifs is 1. The Labute approximate surface area is 160 Å². The van der Waals surface area contributed by atoms with E-state index < -0.39 is 5.60 Å². The molecule has 7 nitrogen and oxygen atoms in total. The predicted octanol–water partition coefficient (Wildman–Crippen LogP) is 4.09. The molecule has 2 aliphatic rings. The Hall–Kier alpha value is -2.31. The molecule has 0 radical (unpaired) electrons.